The molecule has 1 aromatic carbocycles. The lowest BCUT2D eigenvalue weighted by Gasteiger charge is -2.22. The molecule has 1 aliphatic carbocycles. The van der Waals surface area contributed by atoms with Gasteiger partial charge in [-0.1, -0.05) is 48.2 Å². The van der Waals surface area contributed by atoms with Crippen molar-refractivity contribution in [3.8, 4) is 11.3 Å². The van der Waals surface area contributed by atoms with Crippen molar-refractivity contribution in [3.63, 3.8) is 0 Å². The van der Waals surface area contributed by atoms with Crippen LogP contribution in [0.2, 0.25) is 5.02 Å². The van der Waals surface area contributed by atoms with E-state index in [-0.39, 0.29) is 17.7 Å². The Morgan fingerprint density at radius 1 is 1.29 bits per heavy atom. The predicted octanol–water partition coefficient (Wildman–Crippen LogP) is 4.11. The monoisotopic (exact) mass is 348 g/mol. The van der Waals surface area contributed by atoms with Crippen LogP contribution in [-0.2, 0) is 0 Å². The first kappa shape index (κ1) is 17.0. The number of rotatable bonds is 4. The number of amides is 1. The molecule has 1 amide bonds. The zero-order chi connectivity index (χ0) is 17.1. The van der Waals surface area contributed by atoms with E-state index in [4.69, 9.17) is 16.1 Å². The van der Waals surface area contributed by atoms with E-state index in [0.29, 0.717) is 16.3 Å². The van der Waals surface area contributed by atoms with Crippen molar-refractivity contribution in [2.45, 2.75) is 51.2 Å². The maximum atomic E-state index is 12.8. The Kier molecular flexibility index (Phi) is 5.21. The summed E-state index contributed by atoms with van der Waals surface area (Å²) in [7, 11) is 0. The average Bonchev–Trinajstić information content (AvgIpc) is 3.02. The molecule has 3 rings (SSSR count). The number of aromatic nitrogens is 1. The van der Waals surface area contributed by atoms with E-state index >= 15 is 0 Å². The molecule has 0 radical (unpaired) electrons. The van der Waals surface area contributed by atoms with Crippen LogP contribution in [0.1, 0.15) is 61.3 Å². The molecule has 1 aromatic heterocycles. The zero-order valence-corrected chi connectivity index (χ0v) is 14.3. The summed E-state index contributed by atoms with van der Waals surface area (Å²) in [6.07, 6.45) is 4.53. The Balaban J connectivity index is 1.93. The van der Waals surface area contributed by atoms with Crippen LogP contribution in [0.25, 0.3) is 11.3 Å². The molecule has 2 aromatic rings. The van der Waals surface area contributed by atoms with Gasteiger partial charge in [0.25, 0.3) is 5.91 Å². The third-order valence-corrected chi connectivity index (χ3v) is 4.64. The van der Waals surface area contributed by atoms with Crippen molar-refractivity contribution >= 4 is 17.5 Å². The summed E-state index contributed by atoms with van der Waals surface area (Å²) in [6, 6.07) is 7.20. The minimum Gasteiger partial charge on any atom is -0.385 e. The summed E-state index contributed by atoms with van der Waals surface area (Å²) in [5.74, 6) is -0.0581. The van der Waals surface area contributed by atoms with Crippen molar-refractivity contribution in [2.75, 3.05) is 0 Å². The zero-order valence-electron chi connectivity index (χ0n) is 13.6. The first-order valence-electron chi connectivity index (χ1n) is 8.30. The highest BCUT2D eigenvalue weighted by atomic mass is 35.5. The lowest BCUT2D eigenvalue weighted by Crippen LogP contribution is -2.36. The molecule has 0 bridgehead atoms. The minimum absolute atomic E-state index is 0.168. The molecule has 1 atom stereocenters. The standard InChI is InChI=1S/C18H21ClN2O3/c1-11(22)17-15(18(23)20-14-5-3-2-4-6-14)16(21-24-17)12-7-9-13(19)10-8-12/h7-11,14,22H,2-6H2,1H3,(H,20,23)/t11-/m0/s1. The minimum atomic E-state index is -0.911. The van der Waals surface area contributed by atoms with E-state index in [0.717, 1.165) is 31.2 Å². The first-order chi connectivity index (χ1) is 11.6. The number of aliphatic hydroxyl groups is 1. The van der Waals surface area contributed by atoms with Crippen LogP contribution in [0.4, 0.5) is 0 Å². The molecular formula is C18H21ClN2O3. The van der Waals surface area contributed by atoms with Gasteiger partial charge >= 0.3 is 0 Å². The number of aliphatic hydroxyl groups excluding tert-OH is 1. The third-order valence-electron chi connectivity index (χ3n) is 4.38. The van der Waals surface area contributed by atoms with Crippen molar-refractivity contribution in [2.24, 2.45) is 0 Å². The number of hydrogen-bond donors (Lipinski definition) is 2. The fourth-order valence-electron chi connectivity index (χ4n) is 3.12. The van der Waals surface area contributed by atoms with E-state index < -0.39 is 6.10 Å². The molecule has 0 unspecified atom stereocenters. The van der Waals surface area contributed by atoms with Gasteiger partial charge in [-0.15, -0.1) is 0 Å². The SMILES string of the molecule is C[C@H](O)c1onc(-c2ccc(Cl)cc2)c1C(=O)NC1CCCCC1. The van der Waals surface area contributed by atoms with Crippen molar-refractivity contribution < 1.29 is 14.4 Å². The second-order valence-corrected chi connectivity index (χ2v) is 6.70. The van der Waals surface area contributed by atoms with Crippen molar-refractivity contribution in [1.82, 2.24) is 10.5 Å². The van der Waals surface area contributed by atoms with Crippen LogP contribution in [0.3, 0.4) is 0 Å². The highest BCUT2D eigenvalue weighted by Gasteiger charge is 2.28. The molecular weight excluding hydrogens is 328 g/mol. The van der Waals surface area contributed by atoms with Gasteiger partial charge < -0.3 is 14.9 Å². The maximum Gasteiger partial charge on any atom is 0.257 e. The van der Waals surface area contributed by atoms with Gasteiger partial charge in [0, 0.05) is 16.6 Å². The summed E-state index contributed by atoms with van der Waals surface area (Å²) in [4.78, 5) is 12.8. The third kappa shape index (κ3) is 3.62. The van der Waals surface area contributed by atoms with E-state index in [1.165, 1.54) is 6.42 Å². The number of halogens is 1. The number of carbonyl (C=O) groups excluding carboxylic acids is 1. The Hall–Kier alpha value is -1.85. The fraction of sp³-hybridized carbons (Fsp3) is 0.444. The van der Waals surface area contributed by atoms with Gasteiger partial charge in [0.2, 0.25) is 0 Å². The second-order valence-electron chi connectivity index (χ2n) is 6.26. The maximum absolute atomic E-state index is 12.8. The summed E-state index contributed by atoms with van der Waals surface area (Å²) < 4.78 is 5.26. The molecule has 1 aliphatic rings. The molecule has 128 valence electrons. The van der Waals surface area contributed by atoms with E-state index in [9.17, 15) is 9.90 Å². The Bertz CT molecular complexity index is 704. The largest absolute Gasteiger partial charge is 0.385 e. The van der Waals surface area contributed by atoms with E-state index in [1.54, 1.807) is 31.2 Å². The highest BCUT2D eigenvalue weighted by Crippen LogP contribution is 2.30. The predicted molar refractivity (Wildman–Crippen MR) is 91.9 cm³/mol. The Morgan fingerprint density at radius 2 is 1.96 bits per heavy atom. The summed E-state index contributed by atoms with van der Waals surface area (Å²) in [6.45, 7) is 1.56. The number of nitrogens with one attached hydrogen (secondary N) is 1. The number of hydrogen-bond acceptors (Lipinski definition) is 4. The quantitative estimate of drug-likeness (QED) is 0.871. The normalized spacial score (nSPS) is 16.8. The molecule has 0 saturated heterocycles. The molecule has 1 saturated carbocycles. The van der Waals surface area contributed by atoms with Gasteiger partial charge in [0.15, 0.2) is 5.76 Å². The number of carbonyl (C=O) groups is 1. The second kappa shape index (κ2) is 7.36. The van der Waals surface area contributed by atoms with Gasteiger partial charge in [-0.25, -0.2) is 0 Å². The summed E-state index contributed by atoms with van der Waals surface area (Å²) in [5, 5.41) is 17.6. The molecule has 24 heavy (non-hydrogen) atoms. The van der Waals surface area contributed by atoms with Gasteiger partial charge in [-0.05, 0) is 31.9 Å². The van der Waals surface area contributed by atoms with Crippen LogP contribution in [0.5, 0.6) is 0 Å². The van der Waals surface area contributed by atoms with Crippen LogP contribution >= 0.6 is 11.6 Å². The average molecular weight is 349 g/mol. The van der Waals surface area contributed by atoms with Gasteiger partial charge in [0.05, 0.1) is 0 Å². The fourth-order valence-corrected chi connectivity index (χ4v) is 3.24. The molecule has 1 heterocycles. The first-order valence-corrected chi connectivity index (χ1v) is 8.68. The summed E-state index contributed by atoms with van der Waals surface area (Å²) >= 11 is 5.92. The number of benzene rings is 1. The molecule has 0 aliphatic heterocycles. The van der Waals surface area contributed by atoms with E-state index in [1.807, 2.05) is 0 Å². The lowest BCUT2D eigenvalue weighted by molar-refractivity contribution is 0.0915. The molecule has 5 nitrogen and oxygen atoms in total. The number of nitrogens with zero attached hydrogens (tertiary/aromatic N) is 1. The Labute approximate surface area is 146 Å². The molecule has 2 N–H and O–H groups in total. The van der Waals surface area contributed by atoms with Crippen LogP contribution in [-0.4, -0.2) is 22.2 Å². The highest BCUT2D eigenvalue weighted by molar-refractivity contribution is 6.30. The van der Waals surface area contributed by atoms with Crippen molar-refractivity contribution in [1.29, 1.82) is 0 Å². The Morgan fingerprint density at radius 3 is 2.58 bits per heavy atom. The molecule has 0 spiro atoms. The van der Waals surface area contributed by atoms with Crippen LogP contribution < -0.4 is 5.32 Å². The topological polar surface area (TPSA) is 75.4 Å². The van der Waals surface area contributed by atoms with Crippen molar-refractivity contribution in [3.05, 3.63) is 40.6 Å². The summed E-state index contributed by atoms with van der Waals surface area (Å²) in [5.41, 5.74) is 1.46. The van der Waals surface area contributed by atoms with Gasteiger partial charge in [-0.2, -0.15) is 0 Å². The molecule has 1 fully saturated rings. The molecule has 6 heteroatoms. The van der Waals surface area contributed by atoms with Gasteiger partial charge in [-0.3, -0.25) is 4.79 Å². The lowest BCUT2D eigenvalue weighted by atomic mass is 9.95. The van der Waals surface area contributed by atoms with Crippen LogP contribution in [0.15, 0.2) is 28.8 Å². The van der Waals surface area contributed by atoms with E-state index in [2.05, 4.69) is 10.5 Å². The smallest absolute Gasteiger partial charge is 0.257 e. The van der Waals surface area contributed by atoms with Gasteiger partial charge in [0.1, 0.15) is 17.4 Å². The van der Waals surface area contributed by atoms with Crippen LogP contribution in [0, 0.1) is 0 Å².